The van der Waals surface area contributed by atoms with Crippen molar-refractivity contribution in [3.05, 3.63) is 200 Å². The lowest BCUT2D eigenvalue weighted by Crippen LogP contribution is -2.09. The largest absolute Gasteiger partial charge is 0.310 e. The maximum Gasteiger partial charge on any atom is 0.0468 e. The Morgan fingerprint density at radius 3 is 1.46 bits per heavy atom. The Balaban J connectivity index is 1.03. The first-order chi connectivity index (χ1) is 26.7. The van der Waals surface area contributed by atoms with Gasteiger partial charge in [0.2, 0.25) is 0 Å². The van der Waals surface area contributed by atoms with E-state index in [2.05, 4.69) is 205 Å². The first-order valence-corrected chi connectivity index (χ1v) is 19.3. The van der Waals surface area contributed by atoms with Crippen molar-refractivity contribution in [2.45, 2.75) is 0 Å². The minimum atomic E-state index is 1.11. The summed E-state index contributed by atoms with van der Waals surface area (Å²) in [6, 6.07) is 73.5. The molecular formula is C52H33NS. The fraction of sp³-hybridized carbons (Fsp3) is 0. The van der Waals surface area contributed by atoms with Crippen LogP contribution in [0.3, 0.4) is 0 Å². The van der Waals surface area contributed by atoms with E-state index in [1.807, 2.05) is 11.3 Å². The summed E-state index contributed by atoms with van der Waals surface area (Å²) in [5, 5.41) is 12.8. The topological polar surface area (TPSA) is 3.24 Å². The van der Waals surface area contributed by atoms with Gasteiger partial charge in [-0.3, -0.25) is 0 Å². The van der Waals surface area contributed by atoms with Crippen LogP contribution in [0.1, 0.15) is 0 Å². The molecule has 0 radical (unpaired) electrons. The molecule has 1 aromatic heterocycles. The lowest BCUT2D eigenvalue weighted by molar-refractivity contribution is 1.29. The van der Waals surface area contributed by atoms with Crippen LogP contribution in [0.4, 0.5) is 17.1 Å². The molecule has 0 saturated heterocycles. The summed E-state index contributed by atoms with van der Waals surface area (Å²) >= 11 is 1.88. The second-order valence-electron chi connectivity index (χ2n) is 14.1. The van der Waals surface area contributed by atoms with Crippen LogP contribution >= 0.6 is 11.3 Å². The van der Waals surface area contributed by atoms with Crippen molar-refractivity contribution in [1.29, 1.82) is 0 Å². The lowest BCUT2D eigenvalue weighted by atomic mass is 9.97. The second kappa shape index (κ2) is 12.4. The Morgan fingerprint density at radius 1 is 0.296 bits per heavy atom. The zero-order valence-electron chi connectivity index (χ0n) is 29.4. The number of benzene rings is 10. The minimum Gasteiger partial charge on any atom is -0.310 e. The Labute approximate surface area is 317 Å². The molecule has 54 heavy (non-hydrogen) atoms. The summed E-state index contributed by atoms with van der Waals surface area (Å²) in [6.45, 7) is 0. The summed E-state index contributed by atoms with van der Waals surface area (Å²) < 4.78 is 2.66. The van der Waals surface area contributed by atoms with Gasteiger partial charge in [-0.15, -0.1) is 11.3 Å². The van der Waals surface area contributed by atoms with Gasteiger partial charge >= 0.3 is 0 Å². The number of hydrogen-bond donors (Lipinski definition) is 0. The van der Waals surface area contributed by atoms with E-state index in [9.17, 15) is 0 Å². The Morgan fingerprint density at radius 2 is 0.778 bits per heavy atom. The summed E-state index contributed by atoms with van der Waals surface area (Å²) in [5.74, 6) is 0. The molecule has 0 atom stereocenters. The molecule has 0 saturated carbocycles. The summed E-state index contributed by atoms with van der Waals surface area (Å²) in [6.07, 6.45) is 0. The Bertz CT molecular complexity index is 3210. The average molecular weight is 704 g/mol. The first-order valence-electron chi connectivity index (χ1n) is 18.5. The third kappa shape index (κ3) is 5.07. The van der Waals surface area contributed by atoms with E-state index < -0.39 is 0 Å². The third-order valence-corrected chi connectivity index (χ3v) is 12.3. The van der Waals surface area contributed by atoms with Crippen LogP contribution in [-0.2, 0) is 0 Å². The van der Waals surface area contributed by atoms with Gasteiger partial charge in [0.25, 0.3) is 0 Å². The SMILES string of the molecule is c1ccc2c(c1)ccc1ccc(-c3ccc(N(c4ccc(-c5cccc6c5sc5ccccc56)cc4)c4ccc5ccc6ccccc6c5c4)cc3)cc12. The van der Waals surface area contributed by atoms with Crippen molar-refractivity contribution in [3.8, 4) is 22.3 Å². The molecule has 1 nitrogen and oxygen atoms in total. The molecule has 0 bridgehead atoms. The van der Waals surface area contributed by atoms with Gasteiger partial charge in [-0.25, -0.2) is 0 Å². The molecule has 0 spiro atoms. The number of rotatable bonds is 5. The predicted molar refractivity (Wildman–Crippen MR) is 235 cm³/mol. The fourth-order valence-corrected chi connectivity index (χ4v) is 9.56. The van der Waals surface area contributed by atoms with Gasteiger partial charge < -0.3 is 4.90 Å². The highest BCUT2D eigenvalue weighted by atomic mass is 32.1. The Hall–Kier alpha value is -6.74. The van der Waals surface area contributed by atoms with Crippen LogP contribution < -0.4 is 4.90 Å². The number of hydrogen-bond acceptors (Lipinski definition) is 2. The zero-order valence-corrected chi connectivity index (χ0v) is 30.2. The van der Waals surface area contributed by atoms with Gasteiger partial charge in [-0.05, 0) is 114 Å². The molecule has 2 heteroatoms. The van der Waals surface area contributed by atoms with Crippen LogP contribution in [0.2, 0.25) is 0 Å². The maximum absolute atomic E-state index is 2.39. The van der Waals surface area contributed by atoms with Gasteiger partial charge in [0, 0.05) is 37.2 Å². The normalized spacial score (nSPS) is 11.7. The monoisotopic (exact) mass is 703 g/mol. The summed E-state index contributed by atoms with van der Waals surface area (Å²) in [7, 11) is 0. The third-order valence-electron chi connectivity index (χ3n) is 11.0. The van der Waals surface area contributed by atoms with Crippen LogP contribution in [-0.4, -0.2) is 0 Å². The molecule has 0 unspecified atom stereocenters. The van der Waals surface area contributed by atoms with Crippen molar-refractivity contribution < 1.29 is 0 Å². The molecule has 10 aromatic carbocycles. The van der Waals surface area contributed by atoms with Crippen molar-refractivity contribution in [2.24, 2.45) is 0 Å². The number of anilines is 3. The highest BCUT2D eigenvalue weighted by Gasteiger charge is 2.16. The standard InChI is InChI=1S/C52H33NS/c1-3-10-44-35(8-1)16-18-38-20-21-40(32-49(38)44)34-22-27-41(28-23-34)53(43-31-26-39-19-17-36-9-2-4-11-45(36)50(39)33-43)42-29-24-37(25-30-42)46-13-7-14-48-47-12-5-6-15-51(47)54-52(46)48/h1-33H. The van der Waals surface area contributed by atoms with Crippen LogP contribution in [0.25, 0.3) is 85.5 Å². The van der Waals surface area contributed by atoms with Gasteiger partial charge in [0.15, 0.2) is 0 Å². The number of nitrogens with zero attached hydrogens (tertiary/aromatic N) is 1. The van der Waals surface area contributed by atoms with Gasteiger partial charge in [-0.2, -0.15) is 0 Å². The lowest BCUT2D eigenvalue weighted by Gasteiger charge is -2.26. The second-order valence-corrected chi connectivity index (χ2v) is 15.2. The molecule has 11 rings (SSSR count). The zero-order chi connectivity index (χ0) is 35.6. The van der Waals surface area contributed by atoms with Gasteiger partial charge in [-0.1, -0.05) is 152 Å². The van der Waals surface area contributed by atoms with E-state index in [1.54, 1.807) is 0 Å². The minimum absolute atomic E-state index is 1.11. The quantitative estimate of drug-likeness (QED) is 0.161. The molecule has 252 valence electrons. The molecule has 0 amide bonds. The van der Waals surface area contributed by atoms with E-state index >= 15 is 0 Å². The Kier molecular flexibility index (Phi) is 7.11. The van der Waals surface area contributed by atoms with Crippen LogP contribution in [0, 0.1) is 0 Å². The molecule has 0 fully saturated rings. The predicted octanol–water partition coefficient (Wildman–Crippen LogP) is 15.5. The van der Waals surface area contributed by atoms with Crippen molar-refractivity contribution >= 4 is 91.7 Å². The van der Waals surface area contributed by atoms with E-state index in [0.717, 1.165) is 17.1 Å². The maximum atomic E-state index is 2.39. The van der Waals surface area contributed by atoms with Crippen molar-refractivity contribution in [3.63, 3.8) is 0 Å². The van der Waals surface area contributed by atoms with E-state index in [0.29, 0.717) is 0 Å². The first kappa shape index (κ1) is 30.8. The van der Waals surface area contributed by atoms with E-state index in [4.69, 9.17) is 0 Å². The van der Waals surface area contributed by atoms with E-state index in [-0.39, 0.29) is 0 Å². The summed E-state index contributed by atoms with van der Waals surface area (Å²) in [5.41, 5.74) is 8.27. The number of thiophene rings is 1. The molecule has 0 aliphatic heterocycles. The molecule has 11 aromatic rings. The number of fused-ring (bicyclic) bond motifs is 9. The van der Waals surface area contributed by atoms with Crippen molar-refractivity contribution in [2.75, 3.05) is 4.90 Å². The van der Waals surface area contributed by atoms with Crippen molar-refractivity contribution in [1.82, 2.24) is 0 Å². The molecule has 0 aliphatic rings. The smallest absolute Gasteiger partial charge is 0.0468 e. The highest BCUT2D eigenvalue weighted by Crippen LogP contribution is 2.42. The average Bonchev–Trinajstić information content (AvgIpc) is 3.63. The van der Waals surface area contributed by atoms with E-state index in [1.165, 1.54) is 85.5 Å². The molecular weight excluding hydrogens is 671 g/mol. The highest BCUT2D eigenvalue weighted by molar-refractivity contribution is 7.26. The summed E-state index contributed by atoms with van der Waals surface area (Å²) in [4.78, 5) is 2.39. The van der Waals surface area contributed by atoms with Gasteiger partial charge in [0.05, 0.1) is 0 Å². The molecule has 0 aliphatic carbocycles. The molecule has 0 N–H and O–H groups in total. The van der Waals surface area contributed by atoms with Crippen LogP contribution in [0.15, 0.2) is 200 Å². The fourth-order valence-electron chi connectivity index (χ4n) is 8.33. The molecule has 1 heterocycles. The van der Waals surface area contributed by atoms with Gasteiger partial charge in [0.1, 0.15) is 0 Å². The van der Waals surface area contributed by atoms with Crippen LogP contribution in [0.5, 0.6) is 0 Å².